The van der Waals surface area contributed by atoms with Crippen LogP contribution in [0.25, 0.3) is 10.9 Å². The molecule has 13 heteroatoms. The van der Waals surface area contributed by atoms with Crippen molar-refractivity contribution in [1.82, 2.24) is 9.97 Å². The number of pyridine rings is 1. The van der Waals surface area contributed by atoms with Crippen LogP contribution in [0.4, 0.5) is 17.6 Å². The summed E-state index contributed by atoms with van der Waals surface area (Å²) in [5.74, 6) is -0.833. The van der Waals surface area contributed by atoms with Crippen LogP contribution in [0.15, 0.2) is 46.5 Å². The van der Waals surface area contributed by atoms with E-state index in [9.17, 15) is 39.5 Å². The number of sulfone groups is 2. The Morgan fingerprint density at radius 3 is 2.17 bits per heavy atom. The molecule has 1 atom stereocenters. The van der Waals surface area contributed by atoms with E-state index in [1.54, 1.807) is 0 Å². The van der Waals surface area contributed by atoms with Crippen molar-refractivity contribution in [3.63, 3.8) is 0 Å². The molecule has 0 aliphatic rings. The molecule has 0 bridgehead atoms. The minimum Gasteiger partial charge on any atom is -0.380 e. The molecule has 0 aliphatic heterocycles. The maximum absolute atomic E-state index is 14.2. The van der Waals surface area contributed by atoms with Crippen molar-refractivity contribution < 1.29 is 39.5 Å². The van der Waals surface area contributed by atoms with Gasteiger partial charge in [0.05, 0.1) is 16.6 Å². The number of rotatable bonds is 7. The topological polar surface area (TPSA) is 117 Å². The van der Waals surface area contributed by atoms with Crippen LogP contribution >= 0.6 is 0 Å². The molecule has 0 radical (unpaired) electrons. The van der Waals surface area contributed by atoms with E-state index in [0.717, 1.165) is 36.9 Å². The Balaban J connectivity index is 2.06. The van der Waals surface area contributed by atoms with Gasteiger partial charge in [-0.3, -0.25) is 0 Å². The summed E-state index contributed by atoms with van der Waals surface area (Å²) in [5.41, 5.74) is -4.94. The van der Waals surface area contributed by atoms with E-state index in [1.165, 1.54) is 26.0 Å². The lowest BCUT2D eigenvalue weighted by Gasteiger charge is -2.38. The van der Waals surface area contributed by atoms with Crippen molar-refractivity contribution in [2.75, 3.05) is 12.5 Å². The number of benzene rings is 1. The van der Waals surface area contributed by atoms with Gasteiger partial charge in [0.1, 0.15) is 5.82 Å². The Kier molecular flexibility index (Phi) is 6.62. The standard InChI is InChI=1S/C22H24F4N2O5S2/c1-20(2,16-9-14(23)5-6-18(16)34(3,30)31)12-21(29,22(24,25)26)10-15-7-13-8-19(35(4,32)33)27-11-17(13)28-15/h5-9,11,28-29H,10,12H2,1-4H3. The maximum Gasteiger partial charge on any atom is 0.417 e. The summed E-state index contributed by atoms with van der Waals surface area (Å²) < 4.78 is 104. The molecular formula is C22H24F4N2O5S2. The van der Waals surface area contributed by atoms with E-state index < -0.39 is 55.5 Å². The Morgan fingerprint density at radius 1 is 1.00 bits per heavy atom. The van der Waals surface area contributed by atoms with E-state index in [-0.39, 0.29) is 32.1 Å². The summed E-state index contributed by atoms with van der Waals surface area (Å²) >= 11 is 0. The molecule has 3 rings (SSSR count). The molecule has 3 aromatic rings. The number of fused-ring (bicyclic) bond motifs is 1. The summed E-state index contributed by atoms with van der Waals surface area (Å²) in [6, 6.07) is 5.22. The average Bonchev–Trinajstić information content (AvgIpc) is 3.06. The SMILES string of the molecule is CC(C)(CC(O)(Cc1cc2cc(S(C)(=O)=O)ncc2[nH]1)C(F)(F)F)c1cc(F)ccc1S(C)(=O)=O. The summed E-state index contributed by atoms with van der Waals surface area (Å²) in [7, 11) is -7.56. The molecule has 0 saturated carbocycles. The van der Waals surface area contributed by atoms with Crippen molar-refractivity contribution in [1.29, 1.82) is 0 Å². The molecule has 2 aromatic heterocycles. The lowest BCUT2D eigenvalue weighted by Crippen LogP contribution is -2.51. The molecule has 0 fully saturated rings. The smallest absolute Gasteiger partial charge is 0.380 e. The number of alkyl halides is 3. The predicted molar refractivity (Wildman–Crippen MR) is 121 cm³/mol. The number of hydrogen-bond acceptors (Lipinski definition) is 6. The van der Waals surface area contributed by atoms with Gasteiger partial charge in [0.15, 0.2) is 30.3 Å². The first-order valence-corrected chi connectivity index (χ1v) is 14.0. The Labute approximate surface area is 200 Å². The minimum atomic E-state index is -5.14. The first-order valence-electron chi connectivity index (χ1n) is 10.2. The summed E-state index contributed by atoms with van der Waals surface area (Å²) in [6.45, 7) is 2.58. The molecular weight excluding hydrogens is 512 g/mol. The van der Waals surface area contributed by atoms with E-state index in [1.807, 2.05) is 0 Å². The summed E-state index contributed by atoms with van der Waals surface area (Å²) in [6.07, 6.45) is -4.12. The fraction of sp³-hybridized carbons (Fsp3) is 0.409. The second kappa shape index (κ2) is 8.56. The molecule has 192 valence electrons. The number of hydrogen-bond donors (Lipinski definition) is 2. The van der Waals surface area contributed by atoms with E-state index in [0.29, 0.717) is 0 Å². The fourth-order valence-electron chi connectivity index (χ4n) is 4.13. The van der Waals surface area contributed by atoms with Crippen molar-refractivity contribution in [2.24, 2.45) is 0 Å². The molecule has 1 unspecified atom stereocenters. The van der Waals surface area contributed by atoms with Crippen LogP contribution in [-0.4, -0.2) is 56.2 Å². The highest BCUT2D eigenvalue weighted by atomic mass is 32.2. The highest BCUT2D eigenvalue weighted by molar-refractivity contribution is 7.91. The minimum absolute atomic E-state index is 0.0503. The third-order valence-electron chi connectivity index (χ3n) is 5.73. The van der Waals surface area contributed by atoms with Crippen molar-refractivity contribution in [2.45, 2.75) is 53.8 Å². The molecule has 2 N–H and O–H groups in total. The highest BCUT2D eigenvalue weighted by Gasteiger charge is 2.56. The average molecular weight is 537 g/mol. The largest absolute Gasteiger partial charge is 0.417 e. The fourth-order valence-corrected chi connectivity index (χ4v) is 5.76. The Hall–Kier alpha value is -2.51. The second-order valence-corrected chi connectivity index (χ2v) is 13.3. The molecule has 7 nitrogen and oxygen atoms in total. The van der Waals surface area contributed by atoms with Crippen molar-refractivity contribution in [3.05, 3.63) is 53.6 Å². The highest BCUT2D eigenvalue weighted by Crippen LogP contribution is 2.44. The number of aromatic nitrogens is 2. The number of aliphatic hydroxyl groups is 1. The third-order valence-corrected chi connectivity index (χ3v) is 7.87. The van der Waals surface area contributed by atoms with Gasteiger partial charge in [-0.1, -0.05) is 13.8 Å². The molecule has 0 aliphatic carbocycles. The zero-order valence-electron chi connectivity index (χ0n) is 19.2. The summed E-state index contributed by atoms with van der Waals surface area (Å²) in [4.78, 5) is 6.14. The first-order chi connectivity index (χ1) is 15.7. The van der Waals surface area contributed by atoms with Gasteiger partial charge in [0.25, 0.3) is 0 Å². The quantitative estimate of drug-likeness (QED) is 0.351. The van der Waals surface area contributed by atoms with Gasteiger partial charge < -0.3 is 10.1 Å². The van der Waals surface area contributed by atoms with Crippen molar-refractivity contribution in [3.8, 4) is 0 Å². The zero-order chi connectivity index (χ0) is 26.6. The monoisotopic (exact) mass is 536 g/mol. The third kappa shape index (κ3) is 5.67. The van der Waals surface area contributed by atoms with Gasteiger partial charge >= 0.3 is 6.18 Å². The van der Waals surface area contributed by atoms with Gasteiger partial charge in [-0.25, -0.2) is 26.2 Å². The predicted octanol–water partition coefficient (Wildman–Crippen LogP) is 3.71. The molecule has 35 heavy (non-hydrogen) atoms. The van der Waals surface area contributed by atoms with Crippen LogP contribution in [0.2, 0.25) is 0 Å². The van der Waals surface area contributed by atoms with E-state index >= 15 is 0 Å². The molecule has 0 saturated heterocycles. The molecule has 2 heterocycles. The lowest BCUT2D eigenvalue weighted by atomic mass is 9.73. The Morgan fingerprint density at radius 2 is 1.63 bits per heavy atom. The summed E-state index contributed by atoms with van der Waals surface area (Å²) in [5, 5.41) is 10.9. The normalized spacial score (nSPS) is 15.3. The Bertz CT molecular complexity index is 1500. The van der Waals surface area contributed by atoms with Gasteiger partial charge in [0.2, 0.25) is 0 Å². The van der Waals surface area contributed by atoms with Crippen LogP contribution < -0.4 is 0 Å². The molecule has 0 amide bonds. The maximum atomic E-state index is 14.2. The van der Waals surface area contributed by atoms with Gasteiger partial charge in [-0.2, -0.15) is 13.2 Å². The van der Waals surface area contributed by atoms with Crippen molar-refractivity contribution >= 4 is 30.6 Å². The number of nitrogens with one attached hydrogen (secondary N) is 1. The van der Waals surface area contributed by atoms with E-state index in [2.05, 4.69) is 9.97 Å². The first kappa shape index (κ1) is 27.1. The van der Waals surface area contributed by atoms with Crippen LogP contribution in [-0.2, 0) is 31.5 Å². The zero-order valence-corrected chi connectivity index (χ0v) is 20.9. The number of nitrogens with zero attached hydrogens (tertiary/aromatic N) is 1. The van der Waals surface area contributed by atoms with Crippen LogP contribution in [0.3, 0.4) is 0 Å². The molecule has 0 spiro atoms. The van der Waals surface area contributed by atoms with Gasteiger partial charge in [-0.05, 0) is 47.7 Å². The van der Waals surface area contributed by atoms with Crippen LogP contribution in [0.5, 0.6) is 0 Å². The van der Waals surface area contributed by atoms with Gasteiger partial charge in [0, 0.05) is 30.0 Å². The second-order valence-electron chi connectivity index (χ2n) is 9.36. The van der Waals surface area contributed by atoms with Gasteiger partial charge in [-0.15, -0.1) is 0 Å². The van der Waals surface area contributed by atoms with Crippen LogP contribution in [0.1, 0.15) is 31.5 Å². The number of H-pyrrole nitrogens is 1. The number of halogens is 4. The lowest BCUT2D eigenvalue weighted by molar-refractivity contribution is -0.266. The number of aromatic amines is 1. The molecule has 1 aromatic carbocycles. The van der Waals surface area contributed by atoms with E-state index in [4.69, 9.17) is 0 Å². The van der Waals surface area contributed by atoms with Crippen LogP contribution in [0, 0.1) is 5.82 Å².